The maximum atomic E-state index is 6.02. The molecule has 0 aliphatic rings. The molecule has 0 bridgehead atoms. The lowest BCUT2D eigenvalue weighted by Crippen LogP contribution is -2.33. The van der Waals surface area contributed by atoms with E-state index >= 15 is 0 Å². The van der Waals surface area contributed by atoms with Gasteiger partial charge in [-0.25, -0.2) is 4.99 Å². The largest absolute Gasteiger partial charge is 0.493 e. The number of aliphatic imine (C=N–C) groups is 1. The van der Waals surface area contributed by atoms with E-state index in [0.717, 1.165) is 47.6 Å². The molecule has 0 amide bonds. The first-order valence-corrected chi connectivity index (χ1v) is 9.57. The highest BCUT2D eigenvalue weighted by atomic mass is 127. The van der Waals surface area contributed by atoms with Gasteiger partial charge < -0.3 is 25.3 Å². The molecule has 0 spiro atoms. The topological polar surface area (TPSA) is 78.1 Å². The first-order chi connectivity index (χ1) is 13.7. The van der Waals surface area contributed by atoms with Crippen LogP contribution in [0.25, 0.3) is 0 Å². The van der Waals surface area contributed by atoms with Crippen molar-refractivity contribution >= 4 is 29.9 Å². The second-order valence-electron chi connectivity index (χ2n) is 6.39. The number of hydrogen-bond acceptors (Lipinski definition) is 4. The Morgan fingerprint density at radius 2 is 1.76 bits per heavy atom. The molecule has 7 heteroatoms. The molecule has 0 radical (unpaired) electrons. The van der Waals surface area contributed by atoms with Crippen molar-refractivity contribution in [3.05, 3.63) is 59.2 Å². The van der Waals surface area contributed by atoms with Gasteiger partial charge in [0, 0.05) is 13.2 Å². The van der Waals surface area contributed by atoms with E-state index in [1.165, 1.54) is 0 Å². The van der Waals surface area contributed by atoms with E-state index in [4.69, 9.17) is 19.9 Å². The van der Waals surface area contributed by atoms with Crippen LogP contribution in [0.4, 0.5) is 0 Å². The Morgan fingerprint density at radius 3 is 2.45 bits per heavy atom. The minimum atomic E-state index is 0. The second-order valence-corrected chi connectivity index (χ2v) is 6.39. The number of halogens is 1. The van der Waals surface area contributed by atoms with Crippen molar-refractivity contribution in [2.75, 3.05) is 27.4 Å². The van der Waals surface area contributed by atoms with Gasteiger partial charge in [0.1, 0.15) is 0 Å². The summed E-state index contributed by atoms with van der Waals surface area (Å²) in [5.41, 5.74) is 9.44. The smallest absolute Gasteiger partial charge is 0.188 e. The van der Waals surface area contributed by atoms with E-state index in [1.807, 2.05) is 30.3 Å². The van der Waals surface area contributed by atoms with E-state index < -0.39 is 0 Å². The van der Waals surface area contributed by atoms with Crippen LogP contribution in [0.5, 0.6) is 11.5 Å². The van der Waals surface area contributed by atoms with Crippen LogP contribution in [0.2, 0.25) is 0 Å². The Balaban J connectivity index is 0.00000420. The molecule has 0 saturated carbocycles. The fourth-order valence-corrected chi connectivity index (χ4v) is 2.78. The minimum Gasteiger partial charge on any atom is -0.493 e. The number of methoxy groups -OCH3 is 2. The normalized spacial score (nSPS) is 10.9. The zero-order chi connectivity index (χ0) is 20.2. The van der Waals surface area contributed by atoms with Crippen molar-refractivity contribution in [2.45, 2.75) is 32.9 Å². The quantitative estimate of drug-likeness (QED) is 0.206. The highest BCUT2D eigenvalue weighted by Crippen LogP contribution is 2.27. The van der Waals surface area contributed by atoms with Crippen molar-refractivity contribution in [3.8, 4) is 11.5 Å². The molecule has 0 aliphatic carbocycles. The lowest BCUT2D eigenvalue weighted by molar-refractivity contribution is 0.121. The number of benzene rings is 2. The van der Waals surface area contributed by atoms with Crippen LogP contribution in [0.15, 0.2) is 47.5 Å². The standard InChI is InChI=1S/C22H31N3O3.HI/c1-4-13-28-16-19-8-6-5-7-18(19)15-25-22(23)24-12-11-17-9-10-20(26-2)21(14-17)27-3;/h5-10,14H,4,11-13,15-16H2,1-3H3,(H3,23,24,25);1H. The van der Waals surface area contributed by atoms with Crippen molar-refractivity contribution in [1.82, 2.24) is 5.32 Å². The number of nitrogens with one attached hydrogen (secondary N) is 1. The van der Waals surface area contributed by atoms with Crippen LogP contribution in [0.1, 0.15) is 30.0 Å². The third-order valence-electron chi connectivity index (χ3n) is 4.31. The molecule has 0 aromatic heterocycles. The van der Waals surface area contributed by atoms with Crippen LogP contribution in [-0.4, -0.2) is 33.3 Å². The van der Waals surface area contributed by atoms with E-state index in [2.05, 4.69) is 29.4 Å². The van der Waals surface area contributed by atoms with Gasteiger partial charge in [-0.3, -0.25) is 0 Å². The van der Waals surface area contributed by atoms with E-state index in [9.17, 15) is 0 Å². The first-order valence-electron chi connectivity index (χ1n) is 9.57. The van der Waals surface area contributed by atoms with Gasteiger partial charge in [0.15, 0.2) is 17.5 Å². The van der Waals surface area contributed by atoms with E-state index in [-0.39, 0.29) is 24.0 Å². The summed E-state index contributed by atoms with van der Waals surface area (Å²) in [6.45, 7) is 4.68. The Labute approximate surface area is 190 Å². The van der Waals surface area contributed by atoms with Crippen LogP contribution >= 0.6 is 24.0 Å². The number of rotatable bonds is 11. The fourth-order valence-electron chi connectivity index (χ4n) is 2.78. The summed E-state index contributed by atoms with van der Waals surface area (Å²) < 4.78 is 16.2. The molecular formula is C22H32IN3O3. The maximum absolute atomic E-state index is 6.02. The summed E-state index contributed by atoms with van der Waals surface area (Å²) in [4.78, 5) is 4.46. The first kappa shape index (κ1) is 25.0. The zero-order valence-electron chi connectivity index (χ0n) is 17.4. The molecule has 0 heterocycles. The molecule has 160 valence electrons. The van der Waals surface area contributed by atoms with Gasteiger partial charge in [0.25, 0.3) is 0 Å². The molecule has 0 unspecified atom stereocenters. The molecule has 29 heavy (non-hydrogen) atoms. The molecule has 0 saturated heterocycles. The van der Waals surface area contributed by atoms with E-state index in [1.54, 1.807) is 14.2 Å². The SMILES string of the molecule is CCCOCc1ccccc1CN=C(N)NCCc1ccc(OC)c(OC)c1.I. The Morgan fingerprint density at radius 1 is 1.03 bits per heavy atom. The molecule has 2 aromatic rings. The summed E-state index contributed by atoms with van der Waals surface area (Å²) >= 11 is 0. The summed E-state index contributed by atoms with van der Waals surface area (Å²) in [6.07, 6.45) is 1.81. The molecule has 6 nitrogen and oxygen atoms in total. The predicted molar refractivity (Wildman–Crippen MR) is 128 cm³/mol. The summed E-state index contributed by atoms with van der Waals surface area (Å²) in [6, 6.07) is 14.1. The Bertz CT molecular complexity index is 769. The molecule has 0 fully saturated rings. The predicted octanol–water partition coefficient (Wildman–Crippen LogP) is 3.90. The third-order valence-corrected chi connectivity index (χ3v) is 4.31. The minimum absolute atomic E-state index is 0. The number of guanidine groups is 1. The van der Waals surface area contributed by atoms with Gasteiger partial charge >= 0.3 is 0 Å². The highest BCUT2D eigenvalue weighted by molar-refractivity contribution is 14.0. The molecule has 0 atom stereocenters. The van der Waals surface area contributed by atoms with Crippen LogP contribution in [-0.2, 0) is 24.3 Å². The van der Waals surface area contributed by atoms with E-state index in [0.29, 0.717) is 25.7 Å². The molecule has 0 aliphatic heterocycles. The highest BCUT2D eigenvalue weighted by Gasteiger charge is 2.05. The van der Waals surface area contributed by atoms with Gasteiger partial charge in [-0.15, -0.1) is 24.0 Å². The Kier molecular flexibility index (Phi) is 12.1. The molecule has 2 aromatic carbocycles. The maximum Gasteiger partial charge on any atom is 0.188 e. The molecule has 3 N–H and O–H groups in total. The van der Waals surface area contributed by atoms with Crippen molar-refractivity contribution in [1.29, 1.82) is 0 Å². The zero-order valence-corrected chi connectivity index (χ0v) is 19.8. The van der Waals surface area contributed by atoms with Gasteiger partial charge in [-0.1, -0.05) is 37.3 Å². The van der Waals surface area contributed by atoms with Crippen LogP contribution < -0.4 is 20.5 Å². The third kappa shape index (κ3) is 8.49. The lowest BCUT2D eigenvalue weighted by atomic mass is 10.1. The fraction of sp³-hybridized carbons (Fsp3) is 0.409. The molecular weight excluding hydrogens is 481 g/mol. The van der Waals surface area contributed by atoms with Gasteiger partial charge in [0.2, 0.25) is 0 Å². The molecule has 2 rings (SSSR count). The average Bonchev–Trinajstić information content (AvgIpc) is 2.73. The summed E-state index contributed by atoms with van der Waals surface area (Å²) in [5, 5.41) is 3.16. The van der Waals surface area contributed by atoms with Crippen molar-refractivity contribution in [3.63, 3.8) is 0 Å². The van der Waals surface area contributed by atoms with Gasteiger partial charge in [0.05, 0.1) is 27.4 Å². The number of ether oxygens (including phenoxy) is 3. The lowest BCUT2D eigenvalue weighted by Gasteiger charge is -2.11. The summed E-state index contributed by atoms with van der Waals surface area (Å²) in [7, 11) is 3.26. The summed E-state index contributed by atoms with van der Waals surface area (Å²) in [5.74, 6) is 1.88. The number of nitrogens with zero attached hydrogens (tertiary/aromatic N) is 1. The van der Waals surface area contributed by atoms with Gasteiger partial charge in [-0.05, 0) is 41.7 Å². The average molecular weight is 513 g/mol. The van der Waals surface area contributed by atoms with Crippen molar-refractivity contribution < 1.29 is 14.2 Å². The van der Waals surface area contributed by atoms with Crippen LogP contribution in [0, 0.1) is 0 Å². The van der Waals surface area contributed by atoms with Crippen LogP contribution in [0.3, 0.4) is 0 Å². The monoisotopic (exact) mass is 513 g/mol. The Hall–Kier alpha value is -2.00. The number of hydrogen-bond donors (Lipinski definition) is 2. The number of nitrogens with two attached hydrogens (primary N) is 1. The van der Waals surface area contributed by atoms with Gasteiger partial charge in [-0.2, -0.15) is 0 Å². The second kappa shape index (κ2) is 14.1. The van der Waals surface area contributed by atoms with Crippen molar-refractivity contribution in [2.24, 2.45) is 10.7 Å².